The molecule has 0 aliphatic heterocycles. The summed E-state index contributed by atoms with van der Waals surface area (Å²) in [5, 5.41) is 42.8. The van der Waals surface area contributed by atoms with Gasteiger partial charge in [0.1, 0.15) is 17.3 Å². The lowest BCUT2D eigenvalue weighted by molar-refractivity contribution is -0.218. The van der Waals surface area contributed by atoms with E-state index in [1.165, 1.54) is 36.0 Å². The van der Waals surface area contributed by atoms with Gasteiger partial charge in [-0.25, -0.2) is 0 Å². The van der Waals surface area contributed by atoms with Gasteiger partial charge < -0.3 is 25.2 Å². The minimum atomic E-state index is -1.04. The van der Waals surface area contributed by atoms with Gasteiger partial charge in [0.25, 0.3) is 0 Å². The van der Waals surface area contributed by atoms with Crippen molar-refractivity contribution < 1.29 is 34.8 Å². The highest BCUT2D eigenvalue weighted by molar-refractivity contribution is 5.77. The third-order valence-electron chi connectivity index (χ3n) is 20.2. The molecule has 14 unspecified atom stereocenters. The molecule has 6 saturated carbocycles. The summed E-state index contributed by atoms with van der Waals surface area (Å²) in [6.45, 7) is 20.6. The first-order valence-electron chi connectivity index (χ1n) is 23.4. The van der Waals surface area contributed by atoms with Crippen molar-refractivity contribution in [3.63, 3.8) is 0 Å². The number of aromatic hydroxyl groups is 1. The van der Waals surface area contributed by atoms with E-state index in [9.17, 15) is 30.0 Å². The van der Waals surface area contributed by atoms with Gasteiger partial charge in [0.2, 0.25) is 0 Å². The molecule has 0 aromatic heterocycles. The number of aliphatic carboxylic acids is 1. The molecule has 8 aliphatic rings. The SMILES string of the molecule is CC1(C)CCC2(C(=O)O)C(O)CC3(C)C(=CCC4C5(C)CCC(O)C(C)(C)C5CCC43C)C2C1.CCC(=O)OC1CCC2C3CCc4cc(O)ccc4C3CCC12C. The van der Waals surface area contributed by atoms with Crippen molar-refractivity contribution in [3.8, 4) is 5.75 Å². The average molecular weight is 801 g/mol. The number of carbonyl (C=O) groups excluding carboxylic acids is 1. The second kappa shape index (κ2) is 14.1. The summed E-state index contributed by atoms with van der Waals surface area (Å²) >= 11 is 0. The summed E-state index contributed by atoms with van der Waals surface area (Å²) in [7, 11) is 0. The van der Waals surface area contributed by atoms with Crippen LogP contribution in [-0.4, -0.2) is 50.7 Å². The van der Waals surface area contributed by atoms with Gasteiger partial charge in [-0.05, 0) is 182 Å². The Labute approximate surface area is 349 Å². The van der Waals surface area contributed by atoms with Crippen LogP contribution in [0, 0.1) is 67.5 Å². The third-order valence-corrected chi connectivity index (χ3v) is 20.2. The molecule has 0 amide bonds. The molecule has 8 aliphatic carbocycles. The Kier molecular flexibility index (Phi) is 10.3. The number of aliphatic hydroxyl groups is 2. The number of carboxylic acid groups (broad SMARTS) is 1. The smallest absolute Gasteiger partial charge is 0.312 e. The van der Waals surface area contributed by atoms with Crippen molar-refractivity contribution in [1.82, 2.24) is 0 Å². The number of aryl methyl sites for hydroxylation is 1. The number of rotatable bonds is 3. The number of phenolic OH excluding ortho intramolecular Hbond substituents is 1. The fourth-order valence-corrected chi connectivity index (χ4v) is 16.7. The van der Waals surface area contributed by atoms with Gasteiger partial charge in [-0.1, -0.05) is 80.0 Å². The highest BCUT2D eigenvalue weighted by Crippen LogP contribution is 2.76. The molecular weight excluding hydrogens is 725 g/mol. The molecule has 7 nitrogen and oxygen atoms in total. The second-order valence-electron chi connectivity index (χ2n) is 23.4. The molecule has 0 saturated heterocycles. The van der Waals surface area contributed by atoms with E-state index < -0.39 is 17.5 Å². The van der Waals surface area contributed by atoms with E-state index in [4.69, 9.17) is 4.74 Å². The molecule has 0 radical (unpaired) electrons. The molecule has 4 N–H and O–H groups in total. The molecule has 9 rings (SSSR count). The fraction of sp³-hybridized carbons (Fsp3) is 0.804. The highest BCUT2D eigenvalue weighted by atomic mass is 16.5. The summed E-state index contributed by atoms with van der Waals surface area (Å²) in [6, 6.07) is 5.95. The molecule has 1 aromatic rings. The number of hydrogen-bond acceptors (Lipinski definition) is 6. The molecule has 58 heavy (non-hydrogen) atoms. The van der Waals surface area contributed by atoms with Crippen LogP contribution >= 0.6 is 0 Å². The summed E-state index contributed by atoms with van der Waals surface area (Å²) in [4.78, 5) is 24.6. The maximum atomic E-state index is 12.8. The zero-order valence-electron chi connectivity index (χ0n) is 37.3. The Bertz CT molecular complexity index is 1830. The lowest BCUT2D eigenvalue weighted by Gasteiger charge is -2.71. The molecule has 1 aromatic carbocycles. The molecule has 0 heterocycles. The van der Waals surface area contributed by atoms with Crippen molar-refractivity contribution in [2.45, 2.75) is 189 Å². The molecular formula is C51H76O7. The van der Waals surface area contributed by atoms with Crippen LogP contribution in [0.3, 0.4) is 0 Å². The number of aliphatic hydroxyl groups excluding tert-OH is 2. The number of hydrogen-bond donors (Lipinski definition) is 4. The van der Waals surface area contributed by atoms with Gasteiger partial charge in [0, 0.05) is 11.8 Å². The Morgan fingerprint density at radius 3 is 2.22 bits per heavy atom. The quantitative estimate of drug-likeness (QED) is 0.177. The van der Waals surface area contributed by atoms with Gasteiger partial charge in [-0.2, -0.15) is 0 Å². The zero-order valence-corrected chi connectivity index (χ0v) is 37.3. The average Bonchev–Trinajstić information content (AvgIpc) is 3.48. The first-order valence-corrected chi connectivity index (χ1v) is 23.4. The number of fused-ring (bicyclic) bond motifs is 12. The van der Waals surface area contributed by atoms with Crippen molar-refractivity contribution in [2.24, 2.45) is 67.5 Å². The molecule has 14 atom stereocenters. The van der Waals surface area contributed by atoms with Gasteiger partial charge in [0.15, 0.2) is 0 Å². The van der Waals surface area contributed by atoms with E-state index in [0.717, 1.165) is 64.2 Å². The van der Waals surface area contributed by atoms with Gasteiger partial charge in [0.05, 0.1) is 12.2 Å². The van der Waals surface area contributed by atoms with Crippen LogP contribution in [-0.2, 0) is 20.7 Å². The summed E-state index contributed by atoms with van der Waals surface area (Å²) in [5.41, 5.74) is 3.25. The number of esters is 1. The Balaban J connectivity index is 0.000000172. The monoisotopic (exact) mass is 801 g/mol. The summed E-state index contributed by atoms with van der Waals surface area (Å²) < 4.78 is 5.83. The Morgan fingerprint density at radius 2 is 1.52 bits per heavy atom. The van der Waals surface area contributed by atoms with Crippen LogP contribution in [0.4, 0.5) is 0 Å². The van der Waals surface area contributed by atoms with Crippen LogP contribution < -0.4 is 0 Å². The summed E-state index contributed by atoms with van der Waals surface area (Å²) in [5.74, 6) is 2.41. The van der Waals surface area contributed by atoms with Gasteiger partial charge in [-0.3, -0.25) is 9.59 Å². The van der Waals surface area contributed by atoms with Crippen molar-refractivity contribution in [1.29, 1.82) is 0 Å². The number of carbonyl (C=O) groups is 2. The van der Waals surface area contributed by atoms with Crippen LogP contribution in [0.2, 0.25) is 0 Å². The van der Waals surface area contributed by atoms with Crippen LogP contribution in [0.1, 0.15) is 176 Å². The third kappa shape index (κ3) is 5.98. The van der Waals surface area contributed by atoms with Crippen molar-refractivity contribution in [3.05, 3.63) is 41.0 Å². The van der Waals surface area contributed by atoms with E-state index >= 15 is 0 Å². The lowest BCUT2D eigenvalue weighted by Crippen LogP contribution is -2.67. The second-order valence-corrected chi connectivity index (χ2v) is 23.4. The normalized spacial score (nSPS) is 46.7. The first kappa shape index (κ1) is 42.3. The first-order chi connectivity index (χ1) is 27.1. The van der Waals surface area contributed by atoms with Gasteiger partial charge >= 0.3 is 11.9 Å². The number of benzene rings is 1. The number of allylic oxidation sites excluding steroid dienone is 2. The van der Waals surface area contributed by atoms with Crippen molar-refractivity contribution >= 4 is 11.9 Å². The van der Waals surface area contributed by atoms with E-state index in [-0.39, 0.29) is 56.6 Å². The molecule has 6 fully saturated rings. The Morgan fingerprint density at radius 1 is 0.793 bits per heavy atom. The minimum absolute atomic E-state index is 0.0218. The van der Waals surface area contributed by atoms with Crippen LogP contribution in [0.5, 0.6) is 5.75 Å². The highest BCUT2D eigenvalue weighted by Gasteiger charge is 2.71. The minimum Gasteiger partial charge on any atom is -0.508 e. The maximum absolute atomic E-state index is 12.8. The predicted molar refractivity (Wildman–Crippen MR) is 227 cm³/mol. The maximum Gasteiger partial charge on any atom is 0.312 e. The van der Waals surface area contributed by atoms with Gasteiger partial charge in [-0.15, -0.1) is 0 Å². The Hall–Kier alpha value is -2.38. The molecule has 0 spiro atoms. The zero-order chi connectivity index (χ0) is 42.0. The standard InChI is InChI=1S/C30H48O4.C21H28O3/c1-25(2)14-15-30(24(33)34)19(16-25)18-8-9-21-27(5)12-11-22(31)26(3,4)20(27)10-13-28(21,6)29(18,7)17-23(30)32;1-3-20(23)24-19-9-8-18-17-6-4-13-12-14(22)5-7-15(13)16(17)10-11-21(18,19)2/h8,19-23,31-32H,9-17H2,1-7H3,(H,33,34);5,7,12,16-19,22H,3-4,6,8-11H2,1-2H3. The fourth-order valence-electron chi connectivity index (χ4n) is 16.7. The van der Waals surface area contributed by atoms with Crippen LogP contribution in [0.15, 0.2) is 29.8 Å². The van der Waals surface area contributed by atoms with Crippen molar-refractivity contribution in [2.75, 3.05) is 0 Å². The number of carboxylic acids is 1. The van der Waals surface area contributed by atoms with E-state index in [1.54, 1.807) is 0 Å². The number of phenols is 1. The topological polar surface area (TPSA) is 124 Å². The largest absolute Gasteiger partial charge is 0.508 e. The molecule has 322 valence electrons. The number of ether oxygens (including phenoxy) is 1. The molecule has 7 heteroatoms. The van der Waals surface area contributed by atoms with E-state index in [1.807, 2.05) is 19.1 Å². The van der Waals surface area contributed by atoms with Crippen LogP contribution in [0.25, 0.3) is 0 Å². The predicted octanol–water partition coefficient (Wildman–Crippen LogP) is 10.8. The van der Waals surface area contributed by atoms with E-state index in [2.05, 4.69) is 67.5 Å². The lowest BCUT2D eigenvalue weighted by atomic mass is 9.33. The summed E-state index contributed by atoms with van der Waals surface area (Å²) in [6.07, 6.45) is 16.7. The van der Waals surface area contributed by atoms with E-state index in [0.29, 0.717) is 54.6 Å². The molecule has 0 bridgehead atoms.